The molecule has 0 radical (unpaired) electrons. The molecule has 0 bridgehead atoms. The van der Waals surface area contributed by atoms with E-state index in [-0.39, 0.29) is 24.1 Å². The Morgan fingerprint density at radius 3 is 2.72 bits per heavy atom. The zero-order chi connectivity index (χ0) is 22.8. The third-order valence-corrected chi connectivity index (χ3v) is 6.66. The Kier molecular flexibility index (Phi) is 6.38. The normalized spacial score (nSPS) is 15.8. The van der Waals surface area contributed by atoms with Crippen molar-refractivity contribution in [1.29, 1.82) is 0 Å². The number of hydrogen-bond acceptors (Lipinski definition) is 4. The van der Waals surface area contributed by atoms with E-state index in [9.17, 15) is 18.9 Å². The second-order valence-electron chi connectivity index (χ2n) is 7.35. The van der Waals surface area contributed by atoms with Gasteiger partial charge in [-0.25, -0.2) is 0 Å². The van der Waals surface area contributed by atoms with Crippen molar-refractivity contribution in [3.63, 3.8) is 0 Å². The molecule has 3 amide bonds. The van der Waals surface area contributed by atoms with E-state index in [1.165, 1.54) is 22.9 Å². The van der Waals surface area contributed by atoms with E-state index in [1.807, 2.05) is 0 Å². The van der Waals surface area contributed by atoms with Crippen LogP contribution in [-0.4, -0.2) is 50.0 Å². The molecule has 7 nitrogen and oxygen atoms in total. The number of rotatable bonds is 6. The van der Waals surface area contributed by atoms with Crippen molar-refractivity contribution in [2.45, 2.75) is 18.5 Å². The smallest absolute Gasteiger partial charge is 0.283 e. The predicted molar refractivity (Wildman–Crippen MR) is 122 cm³/mol. The van der Waals surface area contributed by atoms with Crippen LogP contribution in [0.2, 0.25) is 5.02 Å². The van der Waals surface area contributed by atoms with Gasteiger partial charge in [0.1, 0.15) is 6.54 Å². The van der Waals surface area contributed by atoms with Gasteiger partial charge in [-0.1, -0.05) is 46.4 Å². The molecule has 1 fully saturated rings. The molecule has 0 saturated carbocycles. The first kappa shape index (κ1) is 22.2. The second-order valence-corrected chi connectivity index (χ2v) is 8.98. The third-order valence-electron chi connectivity index (χ3n) is 5.23. The minimum absolute atomic E-state index is 0.0985. The van der Waals surface area contributed by atoms with Crippen LogP contribution in [-0.2, 0) is 22.7 Å². The van der Waals surface area contributed by atoms with Crippen molar-refractivity contribution in [1.82, 2.24) is 14.6 Å². The number of nitrogens with two attached hydrogens (primary N) is 1. The lowest BCUT2D eigenvalue weighted by molar-refractivity contribution is -0.153. The Balaban J connectivity index is 1.50. The molecule has 32 heavy (non-hydrogen) atoms. The molecule has 1 unspecified atom stereocenters. The summed E-state index contributed by atoms with van der Waals surface area (Å²) < 4.78 is 16.3. The van der Waals surface area contributed by atoms with Crippen LogP contribution in [0.15, 0.2) is 54.7 Å². The van der Waals surface area contributed by atoms with E-state index >= 15 is 0 Å². The summed E-state index contributed by atoms with van der Waals surface area (Å²) in [6, 6.07) is 13.7. The van der Waals surface area contributed by atoms with Crippen LogP contribution in [0.1, 0.15) is 15.9 Å². The van der Waals surface area contributed by atoms with Crippen LogP contribution in [0, 0.1) is 0 Å². The fourth-order valence-corrected chi connectivity index (χ4v) is 5.13. The van der Waals surface area contributed by atoms with Gasteiger partial charge in [0.15, 0.2) is 5.37 Å². The molecule has 2 heterocycles. The minimum Gasteiger partial charge on any atom is -0.366 e. The van der Waals surface area contributed by atoms with E-state index in [0.29, 0.717) is 39.4 Å². The zero-order valence-electron chi connectivity index (χ0n) is 16.9. The van der Waals surface area contributed by atoms with E-state index in [1.54, 1.807) is 53.1 Å². The number of thioether (sulfide) groups is 1. The summed E-state index contributed by atoms with van der Waals surface area (Å²) in [5.41, 5.74) is 7.00. The van der Waals surface area contributed by atoms with Gasteiger partial charge in [0.05, 0.1) is 12.1 Å². The maximum atomic E-state index is 14.7. The summed E-state index contributed by atoms with van der Waals surface area (Å²) in [6.45, 7) is -0.0335. The highest BCUT2D eigenvalue weighted by Gasteiger charge is 2.38. The average molecular weight is 475 g/mol. The SMILES string of the molecule is NC(=O)c1cn(CC(=O)N2CCSC2C(=O)N(F)Cc2cccc(Cl)c2)c2ccccc12. The lowest BCUT2D eigenvalue weighted by Gasteiger charge is -2.25. The summed E-state index contributed by atoms with van der Waals surface area (Å²) in [5, 5.41) is 0.257. The van der Waals surface area contributed by atoms with Crippen LogP contribution in [0.25, 0.3) is 10.9 Å². The molecule has 2 N–H and O–H groups in total. The molecule has 1 aromatic heterocycles. The van der Waals surface area contributed by atoms with Crippen LogP contribution < -0.4 is 5.73 Å². The van der Waals surface area contributed by atoms with Crippen molar-refractivity contribution in [3.05, 3.63) is 70.9 Å². The van der Waals surface area contributed by atoms with Crippen LogP contribution in [0.5, 0.6) is 0 Å². The molecule has 0 aliphatic carbocycles. The van der Waals surface area contributed by atoms with Crippen molar-refractivity contribution in [2.24, 2.45) is 5.73 Å². The highest BCUT2D eigenvalue weighted by atomic mass is 35.5. The molecule has 0 spiro atoms. The summed E-state index contributed by atoms with van der Waals surface area (Å²) in [5.74, 6) is -1.21. The summed E-state index contributed by atoms with van der Waals surface area (Å²) in [6.07, 6.45) is 1.53. The number of benzene rings is 2. The Morgan fingerprint density at radius 1 is 1.19 bits per heavy atom. The monoisotopic (exact) mass is 474 g/mol. The molecular weight excluding hydrogens is 455 g/mol. The van der Waals surface area contributed by atoms with Gasteiger partial charge in [0.25, 0.3) is 11.8 Å². The van der Waals surface area contributed by atoms with Crippen molar-refractivity contribution < 1.29 is 18.9 Å². The minimum atomic E-state index is -0.955. The van der Waals surface area contributed by atoms with Crippen LogP contribution in [0.4, 0.5) is 4.48 Å². The molecule has 1 saturated heterocycles. The number of fused-ring (bicyclic) bond motifs is 1. The number of carbonyl (C=O) groups excluding carboxylic acids is 3. The van der Waals surface area contributed by atoms with Gasteiger partial charge >= 0.3 is 0 Å². The van der Waals surface area contributed by atoms with E-state index in [4.69, 9.17) is 17.3 Å². The van der Waals surface area contributed by atoms with E-state index < -0.39 is 17.2 Å². The molecule has 166 valence electrons. The van der Waals surface area contributed by atoms with Crippen molar-refractivity contribution >= 4 is 52.0 Å². The maximum absolute atomic E-state index is 14.7. The molecule has 1 aliphatic heterocycles. The molecule has 1 atom stereocenters. The largest absolute Gasteiger partial charge is 0.366 e. The first-order chi connectivity index (χ1) is 15.3. The standard InChI is InChI=1S/C22H20ClFN4O3S/c23-15-5-3-4-14(10-15)11-28(24)21(31)22-27(8-9-32-22)19(29)13-26-12-17(20(25)30)16-6-1-2-7-18(16)26/h1-7,10,12,22H,8-9,11,13H2,(H2,25,30). The molecule has 2 aromatic carbocycles. The summed E-state index contributed by atoms with van der Waals surface area (Å²) in [4.78, 5) is 38.9. The van der Waals surface area contributed by atoms with Gasteiger partial charge in [-0.2, -0.15) is 5.12 Å². The third kappa shape index (κ3) is 4.44. The predicted octanol–water partition coefficient (Wildman–Crippen LogP) is 3.21. The lowest BCUT2D eigenvalue weighted by atomic mass is 10.2. The van der Waals surface area contributed by atoms with Gasteiger partial charge in [0.2, 0.25) is 5.91 Å². The summed E-state index contributed by atoms with van der Waals surface area (Å²) >= 11 is 7.14. The number of aromatic nitrogens is 1. The van der Waals surface area contributed by atoms with Gasteiger partial charge in [-0.05, 0) is 23.8 Å². The van der Waals surface area contributed by atoms with E-state index in [0.717, 1.165) is 0 Å². The molecule has 4 rings (SSSR count). The van der Waals surface area contributed by atoms with E-state index in [2.05, 4.69) is 0 Å². The highest BCUT2D eigenvalue weighted by Crippen LogP contribution is 2.28. The lowest BCUT2D eigenvalue weighted by Crippen LogP contribution is -2.45. The number of para-hydroxylation sites is 1. The van der Waals surface area contributed by atoms with Crippen LogP contribution >= 0.6 is 23.4 Å². The Bertz CT molecular complexity index is 1200. The zero-order valence-corrected chi connectivity index (χ0v) is 18.5. The molecular formula is C22H20ClFN4O3S. The second kappa shape index (κ2) is 9.22. The van der Waals surface area contributed by atoms with Gasteiger partial charge in [-0.3, -0.25) is 14.4 Å². The maximum Gasteiger partial charge on any atom is 0.283 e. The molecule has 1 aliphatic rings. The fourth-order valence-electron chi connectivity index (χ4n) is 3.73. The van der Waals surface area contributed by atoms with Crippen LogP contribution in [0.3, 0.4) is 0 Å². The quantitative estimate of drug-likeness (QED) is 0.555. The first-order valence-electron chi connectivity index (χ1n) is 9.85. The number of hydrogen-bond donors (Lipinski definition) is 1. The Morgan fingerprint density at radius 2 is 1.97 bits per heavy atom. The molecule has 3 aromatic rings. The van der Waals surface area contributed by atoms with Crippen molar-refractivity contribution in [3.8, 4) is 0 Å². The van der Waals surface area contributed by atoms with Gasteiger partial charge in [-0.15, -0.1) is 11.8 Å². The summed E-state index contributed by atoms with van der Waals surface area (Å²) in [7, 11) is 0. The first-order valence-corrected chi connectivity index (χ1v) is 11.3. The van der Waals surface area contributed by atoms with Crippen molar-refractivity contribution in [2.75, 3.05) is 12.3 Å². The average Bonchev–Trinajstić information content (AvgIpc) is 3.39. The Hall–Kier alpha value is -3.04. The number of halogens is 2. The number of primary amides is 1. The molecule has 10 heteroatoms. The topological polar surface area (TPSA) is 88.6 Å². The Labute approximate surface area is 192 Å². The van der Waals surface area contributed by atoms with Gasteiger partial charge in [0, 0.05) is 34.4 Å². The fraction of sp³-hybridized carbons (Fsp3) is 0.227. The highest BCUT2D eigenvalue weighted by molar-refractivity contribution is 8.00. The number of amides is 3. The number of nitrogens with zero attached hydrogens (tertiary/aromatic N) is 3. The van der Waals surface area contributed by atoms with Gasteiger partial charge < -0.3 is 15.2 Å². The number of carbonyl (C=O) groups is 3.